The second-order valence-corrected chi connectivity index (χ2v) is 8.52. The normalized spacial score (nSPS) is 15.6. The molecular formula is C25H19N3O6S. The molecule has 176 valence electrons. The fourth-order valence-electron chi connectivity index (χ4n) is 3.18. The second kappa shape index (κ2) is 10.2. The smallest absolute Gasteiger partial charge is 0.335 e. The van der Waals surface area contributed by atoms with Crippen molar-refractivity contribution in [2.75, 3.05) is 7.05 Å². The van der Waals surface area contributed by atoms with Gasteiger partial charge in [0, 0.05) is 19.2 Å². The van der Waals surface area contributed by atoms with E-state index in [9.17, 15) is 19.7 Å². The number of benzene rings is 3. The van der Waals surface area contributed by atoms with Crippen LogP contribution < -0.4 is 4.74 Å². The number of hydrogen-bond donors (Lipinski definition) is 1. The minimum Gasteiger partial charge on any atom is -0.489 e. The minimum atomic E-state index is -1.02. The molecular weight excluding hydrogens is 470 g/mol. The summed E-state index contributed by atoms with van der Waals surface area (Å²) in [5.74, 6) is -0.618. The van der Waals surface area contributed by atoms with E-state index in [1.54, 1.807) is 49.5 Å². The van der Waals surface area contributed by atoms with Crippen molar-refractivity contribution in [3.8, 4) is 5.75 Å². The Bertz CT molecular complexity index is 1350. The van der Waals surface area contributed by atoms with Crippen LogP contribution in [0.15, 0.2) is 82.7 Å². The van der Waals surface area contributed by atoms with Crippen LogP contribution in [-0.4, -0.2) is 39.0 Å². The molecule has 0 bridgehead atoms. The number of likely N-dealkylation sites (N-methyl/N-ethyl adjacent to an activating group) is 1. The summed E-state index contributed by atoms with van der Waals surface area (Å²) in [6.07, 6.45) is 1.75. The number of carbonyl (C=O) groups is 2. The number of thioether (sulfide) groups is 1. The first-order chi connectivity index (χ1) is 16.8. The number of nitro benzene ring substituents is 1. The maximum absolute atomic E-state index is 12.7. The molecule has 0 spiro atoms. The number of carboxylic acid groups (broad SMARTS) is 1. The topological polar surface area (TPSA) is 122 Å². The standard InChI is InChI=1S/C25H19N3O6S/c1-27-23(29)22(35-25(27)26-19-9-7-18(8-10-19)24(30)31)14-16-5-11-21(12-6-16)34-15-17-3-2-4-20(13-17)28(32)33/h2-14H,15H2,1H3,(H,30,31). The Morgan fingerprint density at radius 1 is 1.14 bits per heavy atom. The van der Waals surface area contributed by atoms with E-state index in [4.69, 9.17) is 9.84 Å². The lowest BCUT2D eigenvalue weighted by molar-refractivity contribution is -0.384. The summed E-state index contributed by atoms with van der Waals surface area (Å²) >= 11 is 1.23. The third-order valence-corrected chi connectivity index (χ3v) is 6.11. The highest BCUT2D eigenvalue weighted by molar-refractivity contribution is 8.18. The number of non-ortho nitro benzene ring substituents is 1. The molecule has 0 aliphatic carbocycles. The van der Waals surface area contributed by atoms with Crippen molar-refractivity contribution in [2.45, 2.75) is 6.61 Å². The summed E-state index contributed by atoms with van der Waals surface area (Å²) in [6.45, 7) is 0.189. The van der Waals surface area contributed by atoms with Crippen molar-refractivity contribution in [1.29, 1.82) is 0 Å². The summed E-state index contributed by atoms with van der Waals surface area (Å²) in [4.78, 5) is 40.5. The SMILES string of the molecule is CN1C(=O)C(=Cc2ccc(OCc3cccc([N+](=O)[O-])c3)cc2)SC1=Nc1ccc(C(=O)O)cc1. The van der Waals surface area contributed by atoms with Gasteiger partial charge in [-0.1, -0.05) is 24.3 Å². The number of aromatic carboxylic acids is 1. The van der Waals surface area contributed by atoms with Crippen LogP contribution in [0.2, 0.25) is 0 Å². The summed E-state index contributed by atoms with van der Waals surface area (Å²) in [6, 6.07) is 19.5. The van der Waals surface area contributed by atoms with Gasteiger partial charge >= 0.3 is 5.97 Å². The highest BCUT2D eigenvalue weighted by atomic mass is 32.2. The average molecular weight is 490 g/mol. The first-order valence-corrected chi connectivity index (χ1v) is 11.2. The van der Waals surface area contributed by atoms with Crippen LogP contribution in [0, 0.1) is 10.1 Å². The number of nitrogens with zero attached hydrogens (tertiary/aromatic N) is 3. The molecule has 3 aromatic carbocycles. The third kappa shape index (κ3) is 5.74. The predicted octanol–water partition coefficient (Wildman–Crippen LogP) is 5.11. The molecule has 1 N–H and O–H groups in total. The minimum absolute atomic E-state index is 0.0111. The zero-order chi connectivity index (χ0) is 24.9. The van der Waals surface area contributed by atoms with Crippen LogP contribution in [-0.2, 0) is 11.4 Å². The first-order valence-electron chi connectivity index (χ1n) is 10.4. The molecule has 1 fully saturated rings. The summed E-state index contributed by atoms with van der Waals surface area (Å²) in [7, 11) is 1.63. The van der Waals surface area contributed by atoms with E-state index in [1.165, 1.54) is 40.9 Å². The van der Waals surface area contributed by atoms with Crippen LogP contribution in [0.3, 0.4) is 0 Å². The van der Waals surface area contributed by atoms with Gasteiger partial charge in [0.05, 0.1) is 21.1 Å². The number of carbonyl (C=O) groups excluding carboxylic acids is 1. The molecule has 0 unspecified atom stereocenters. The Balaban J connectivity index is 1.42. The molecule has 1 aliphatic rings. The van der Waals surface area contributed by atoms with Gasteiger partial charge in [-0.25, -0.2) is 9.79 Å². The fourth-order valence-corrected chi connectivity index (χ4v) is 4.17. The maximum atomic E-state index is 12.7. The molecule has 0 atom stereocenters. The Kier molecular flexibility index (Phi) is 6.93. The van der Waals surface area contributed by atoms with Crippen molar-refractivity contribution in [2.24, 2.45) is 4.99 Å². The Labute approximate surface area is 204 Å². The van der Waals surface area contributed by atoms with Crippen molar-refractivity contribution < 1.29 is 24.4 Å². The molecule has 1 amide bonds. The Morgan fingerprint density at radius 2 is 1.86 bits per heavy atom. The van der Waals surface area contributed by atoms with Crippen molar-refractivity contribution in [3.63, 3.8) is 0 Å². The maximum Gasteiger partial charge on any atom is 0.335 e. The van der Waals surface area contributed by atoms with E-state index in [-0.39, 0.29) is 23.8 Å². The van der Waals surface area contributed by atoms with E-state index in [1.807, 2.05) is 12.1 Å². The average Bonchev–Trinajstić information content (AvgIpc) is 3.11. The Hall–Kier alpha value is -4.44. The van der Waals surface area contributed by atoms with Gasteiger partial charge in [-0.3, -0.25) is 19.8 Å². The molecule has 1 saturated heterocycles. The number of amidine groups is 1. The van der Waals surface area contributed by atoms with E-state index in [0.717, 1.165) is 5.56 Å². The highest BCUT2D eigenvalue weighted by Gasteiger charge is 2.30. The number of amides is 1. The lowest BCUT2D eigenvalue weighted by Crippen LogP contribution is -2.23. The number of ether oxygens (including phenoxy) is 1. The van der Waals surface area contributed by atoms with E-state index in [0.29, 0.717) is 27.1 Å². The van der Waals surface area contributed by atoms with Crippen molar-refractivity contribution in [3.05, 3.63) is 105 Å². The lowest BCUT2D eigenvalue weighted by Gasteiger charge is -2.07. The summed E-state index contributed by atoms with van der Waals surface area (Å²) < 4.78 is 5.72. The van der Waals surface area contributed by atoms with Gasteiger partial charge in [0.2, 0.25) is 0 Å². The molecule has 9 nitrogen and oxygen atoms in total. The molecule has 0 aromatic heterocycles. The van der Waals surface area contributed by atoms with Gasteiger partial charge in [0.25, 0.3) is 11.6 Å². The van der Waals surface area contributed by atoms with E-state index >= 15 is 0 Å². The first kappa shape index (κ1) is 23.7. The summed E-state index contributed by atoms with van der Waals surface area (Å²) in [5, 5.41) is 20.4. The molecule has 3 aromatic rings. The number of hydrogen-bond acceptors (Lipinski definition) is 7. The Morgan fingerprint density at radius 3 is 2.51 bits per heavy atom. The largest absolute Gasteiger partial charge is 0.489 e. The van der Waals surface area contributed by atoms with Crippen LogP contribution in [0.5, 0.6) is 5.75 Å². The molecule has 35 heavy (non-hydrogen) atoms. The van der Waals surface area contributed by atoms with Crippen LogP contribution in [0.1, 0.15) is 21.5 Å². The van der Waals surface area contributed by atoms with Crippen molar-refractivity contribution in [1.82, 2.24) is 4.90 Å². The predicted molar refractivity (Wildman–Crippen MR) is 133 cm³/mol. The lowest BCUT2D eigenvalue weighted by atomic mass is 10.2. The monoisotopic (exact) mass is 489 g/mol. The van der Waals surface area contributed by atoms with Gasteiger partial charge in [-0.15, -0.1) is 0 Å². The third-order valence-electron chi connectivity index (χ3n) is 5.05. The van der Waals surface area contributed by atoms with Gasteiger partial charge in [0.1, 0.15) is 12.4 Å². The molecule has 1 heterocycles. The second-order valence-electron chi connectivity index (χ2n) is 7.51. The molecule has 0 radical (unpaired) electrons. The van der Waals surface area contributed by atoms with Gasteiger partial charge < -0.3 is 9.84 Å². The number of nitro groups is 1. The fraction of sp³-hybridized carbons (Fsp3) is 0.0800. The highest BCUT2D eigenvalue weighted by Crippen LogP contribution is 2.33. The van der Waals surface area contributed by atoms with Crippen LogP contribution >= 0.6 is 11.8 Å². The zero-order valence-corrected chi connectivity index (χ0v) is 19.3. The van der Waals surface area contributed by atoms with Crippen LogP contribution in [0.4, 0.5) is 11.4 Å². The van der Waals surface area contributed by atoms with Gasteiger partial charge in [0.15, 0.2) is 5.17 Å². The molecule has 1 aliphatic heterocycles. The molecule has 4 rings (SSSR count). The number of rotatable bonds is 7. The van der Waals surface area contributed by atoms with Crippen molar-refractivity contribution >= 4 is 46.3 Å². The van der Waals surface area contributed by atoms with E-state index < -0.39 is 10.9 Å². The quantitative estimate of drug-likeness (QED) is 0.278. The molecule has 10 heteroatoms. The summed E-state index contributed by atoms with van der Waals surface area (Å²) in [5.41, 5.74) is 2.20. The van der Waals surface area contributed by atoms with E-state index in [2.05, 4.69) is 4.99 Å². The number of aliphatic imine (C=N–C) groups is 1. The zero-order valence-electron chi connectivity index (χ0n) is 18.5. The van der Waals surface area contributed by atoms with Gasteiger partial charge in [-0.2, -0.15) is 0 Å². The number of carboxylic acids is 1. The molecule has 0 saturated carbocycles. The van der Waals surface area contributed by atoms with Gasteiger partial charge in [-0.05, 0) is 65.4 Å². The van der Waals surface area contributed by atoms with Crippen LogP contribution in [0.25, 0.3) is 6.08 Å².